The second-order valence-corrected chi connectivity index (χ2v) is 6.85. The molecular weight excluding hydrogens is 369 g/mol. The molecule has 2 aliphatic heterocycles. The lowest BCUT2D eigenvalue weighted by atomic mass is 10.0. The van der Waals surface area contributed by atoms with Crippen LogP contribution < -0.4 is 14.2 Å². The van der Waals surface area contributed by atoms with Crippen LogP contribution in [0.15, 0.2) is 36.4 Å². The van der Waals surface area contributed by atoms with Gasteiger partial charge in [0.15, 0.2) is 18.1 Å². The van der Waals surface area contributed by atoms with Gasteiger partial charge >= 0.3 is 5.97 Å². The number of benzene rings is 2. The van der Waals surface area contributed by atoms with E-state index < -0.39 is 24.9 Å². The summed E-state index contributed by atoms with van der Waals surface area (Å²) in [4.78, 5) is 12.6. The third-order valence-electron chi connectivity index (χ3n) is 4.81. The Morgan fingerprint density at radius 2 is 1.89 bits per heavy atom. The van der Waals surface area contributed by atoms with E-state index in [2.05, 4.69) is 0 Å². The molecule has 2 atom stereocenters. The highest BCUT2D eigenvalue weighted by molar-refractivity contribution is 5.70. The van der Waals surface area contributed by atoms with E-state index in [1.54, 1.807) is 11.0 Å². The second-order valence-electron chi connectivity index (χ2n) is 6.85. The third-order valence-corrected chi connectivity index (χ3v) is 4.81. The summed E-state index contributed by atoms with van der Waals surface area (Å²) in [7, 11) is 0. The van der Waals surface area contributed by atoms with Crippen molar-refractivity contribution in [2.45, 2.75) is 18.8 Å². The number of rotatable bonds is 6. The van der Waals surface area contributed by atoms with Gasteiger partial charge in [0.1, 0.15) is 11.9 Å². The van der Waals surface area contributed by atoms with Crippen molar-refractivity contribution in [2.75, 3.05) is 26.5 Å². The van der Waals surface area contributed by atoms with E-state index >= 15 is 0 Å². The number of carbonyl (C=O) groups is 1. The number of aliphatic hydroxyl groups excluding tert-OH is 1. The van der Waals surface area contributed by atoms with Crippen molar-refractivity contribution >= 4 is 5.97 Å². The van der Waals surface area contributed by atoms with Gasteiger partial charge in [-0.3, -0.25) is 4.90 Å². The minimum absolute atomic E-state index is 0.119. The number of aliphatic carboxylic acids is 1. The van der Waals surface area contributed by atoms with Crippen LogP contribution in [0.3, 0.4) is 0 Å². The van der Waals surface area contributed by atoms with Gasteiger partial charge in [-0.2, -0.15) is 0 Å². The predicted molar refractivity (Wildman–Crippen MR) is 97.3 cm³/mol. The van der Waals surface area contributed by atoms with Crippen molar-refractivity contribution in [1.82, 2.24) is 4.90 Å². The molecule has 0 unspecified atom stereocenters. The molecule has 2 heterocycles. The first-order valence-electron chi connectivity index (χ1n) is 8.91. The number of fused-ring (bicyclic) bond motifs is 1. The molecule has 2 aromatic carbocycles. The van der Waals surface area contributed by atoms with E-state index in [0.29, 0.717) is 23.8 Å². The van der Waals surface area contributed by atoms with Crippen LogP contribution in [0, 0.1) is 0 Å². The smallest absolute Gasteiger partial charge is 0.341 e. The van der Waals surface area contributed by atoms with Crippen molar-refractivity contribution in [2.24, 2.45) is 0 Å². The summed E-state index contributed by atoms with van der Waals surface area (Å²) in [6.45, 7) is 0.394. The van der Waals surface area contributed by atoms with E-state index in [1.165, 1.54) is 0 Å². The first-order valence-corrected chi connectivity index (χ1v) is 8.91. The maximum Gasteiger partial charge on any atom is 0.341 e. The van der Waals surface area contributed by atoms with Gasteiger partial charge in [-0.15, -0.1) is 0 Å². The number of ether oxygens (including phenoxy) is 3. The largest absolute Gasteiger partial charge is 0.482 e. The number of alkyl halides is 1. The average molecular weight is 389 g/mol. The monoisotopic (exact) mass is 389 g/mol. The maximum absolute atomic E-state index is 13.7. The number of halogens is 1. The zero-order chi connectivity index (χ0) is 19.7. The molecule has 7 nitrogen and oxygen atoms in total. The fraction of sp³-hybridized carbons (Fsp3) is 0.350. The number of nitrogens with zero attached hydrogens (tertiary/aromatic N) is 1. The SMILES string of the molecule is O=C(O)COc1ccc(-c2ccc3c(c2)OCO3)cc1CN1C[C@@H](O)[C@H](F)C1. The van der Waals surface area contributed by atoms with Crippen LogP contribution in [0.2, 0.25) is 0 Å². The minimum atomic E-state index is -1.29. The zero-order valence-corrected chi connectivity index (χ0v) is 15.0. The quantitative estimate of drug-likeness (QED) is 0.782. The Morgan fingerprint density at radius 1 is 1.14 bits per heavy atom. The molecule has 1 fully saturated rings. The molecule has 148 valence electrons. The number of carboxylic acids is 1. The van der Waals surface area contributed by atoms with Crippen molar-refractivity contribution in [1.29, 1.82) is 0 Å². The van der Waals surface area contributed by atoms with Crippen LogP contribution in [0.5, 0.6) is 17.2 Å². The normalized spacial score (nSPS) is 21.1. The van der Waals surface area contributed by atoms with Crippen molar-refractivity contribution < 1.29 is 33.6 Å². The van der Waals surface area contributed by atoms with Crippen LogP contribution in [-0.2, 0) is 11.3 Å². The van der Waals surface area contributed by atoms with Crippen LogP contribution in [0.4, 0.5) is 4.39 Å². The molecule has 2 N–H and O–H groups in total. The van der Waals surface area contributed by atoms with Gasteiger partial charge in [0, 0.05) is 25.2 Å². The minimum Gasteiger partial charge on any atom is -0.482 e. The number of carboxylic acid groups (broad SMARTS) is 1. The summed E-state index contributed by atoms with van der Waals surface area (Å²) in [5.74, 6) is 0.688. The van der Waals surface area contributed by atoms with Gasteiger partial charge in [0.2, 0.25) is 6.79 Å². The van der Waals surface area contributed by atoms with Gasteiger partial charge < -0.3 is 24.4 Å². The lowest BCUT2D eigenvalue weighted by molar-refractivity contribution is -0.139. The molecule has 2 aromatic rings. The Morgan fingerprint density at radius 3 is 2.64 bits per heavy atom. The number of likely N-dealkylation sites (tertiary alicyclic amines) is 1. The third kappa shape index (κ3) is 3.88. The molecule has 4 rings (SSSR count). The molecule has 8 heteroatoms. The highest BCUT2D eigenvalue weighted by Gasteiger charge is 2.31. The Labute approximate surface area is 160 Å². The van der Waals surface area contributed by atoms with Crippen LogP contribution >= 0.6 is 0 Å². The van der Waals surface area contributed by atoms with Crippen LogP contribution in [0.25, 0.3) is 11.1 Å². The number of aliphatic hydroxyl groups is 1. The topological polar surface area (TPSA) is 88.5 Å². The van der Waals surface area contributed by atoms with E-state index in [-0.39, 0.29) is 19.9 Å². The van der Waals surface area contributed by atoms with Crippen LogP contribution in [0.1, 0.15) is 5.56 Å². The van der Waals surface area contributed by atoms with Crippen LogP contribution in [-0.4, -0.2) is 59.8 Å². The van der Waals surface area contributed by atoms with Crippen molar-refractivity contribution in [3.63, 3.8) is 0 Å². The fourth-order valence-corrected chi connectivity index (χ4v) is 3.43. The van der Waals surface area contributed by atoms with Gasteiger partial charge in [0.25, 0.3) is 0 Å². The molecule has 1 saturated heterocycles. The summed E-state index contributed by atoms with van der Waals surface area (Å²) in [5.41, 5.74) is 2.50. The van der Waals surface area contributed by atoms with E-state index in [1.807, 2.05) is 30.3 Å². The summed E-state index contributed by atoms with van der Waals surface area (Å²) >= 11 is 0. The molecule has 28 heavy (non-hydrogen) atoms. The highest BCUT2D eigenvalue weighted by atomic mass is 19.1. The summed E-state index contributed by atoms with van der Waals surface area (Å²) in [6, 6.07) is 11.0. The molecule has 0 bridgehead atoms. The molecule has 0 spiro atoms. The highest BCUT2D eigenvalue weighted by Crippen LogP contribution is 2.37. The Bertz CT molecular complexity index is 879. The zero-order valence-electron chi connectivity index (χ0n) is 15.0. The summed E-state index contributed by atoms with van der Waals surface area (Å²) < 4.78 is 29.8. The first-order chi connectivity index (χ1) is 13.5. The molecule has 0 saturated carbocycles. The first kappa shape index (κ1) is 18.5. The number of hydrogen-bond acceptors (Lipinski definition) is 6. The summed E-state index contributed by atoms with van der Waals surface area (Å²) in [6.07, 6.45) is -2.30. The Kier molecular flexibility index (Phi) is 5.06. The van der Waals surface area contributed by atoms with Gasteiger partial charge in [-0.1, -0.05) is 12.1 Å². The summed E-state index contributed by atoms with van der Waals surface area (Å²) in [5, 5.41) is 18.6. The van der Waals surface area contributed by atoms with E-state index in [0.717, 1.165) is 16.7 Å². The molecular formula is C20H20FNO6. The van der Waals surface area contributed by atoms with E-state index in [4.69, 9.17) is 19.3 Å². The average Bonchev–Trinajstić information content (AvgIpc) is 3.26. The standard InChI is InChI=1S/C20H20FNO6/c21-15-8-22(9-16(15)23)7-14-5-12(1-3-17(14)26-10-20(24)25)13-2-4-18-19(6-13)28-11-27-18/h1-6,15-16,23H,7-11H2,(H,24,25)/t15-,16-/m1/s1. The van der Waals surface area contributed by atoms with Crippen molar-refractivity contribution in [3.8, 4) is 28.4 Å². The Hall–Kier alpha value is -2.84. The van der Waals surface area contributed by atoms with Gasteiger partial charge in [0.05, 0.1) is 6.10 Å². The molecule has 0 aliphatic carbocycles. The maximum atomic E-state index is 13.7. The second kappa shape index (κ2) is 7.65. The molecule has 0 aromatic heterocycles. The molecule has 2 aliphatic rings. The van der Waals surface area contributed by atoms with Crippen molar-refractivity contribution in [3.05, 3.63) is 42.0 Å². The fourth-order valence-electron chi connectivity index (χ4n) is 3.43. The molecule has 0 radical (unpaired) electrons. The predicted octanol–water partition coefficient (Wildman–Crippen LogP) is 2.06. The van der Waals surface area contributed by atoms with Gasteiger partial charge in [-0.25, -0.2) is 9.18 Å². The van der Waals surface area contributed by atoms with E-state index in [9.17, 15) is 14.3 Å². The Balaban J connectivity index is 1.62. The lowest BCUT2D eigenvalue weighted by Crippen LogP contribution is -2.22. The number of hydrogen-bond donors (Lipinski definition) is 2. The molecule has 0 amide bonds. The lowest BCUT2D eigenvalue weighted by Gasteiger charge is -2.18. The number of β-amino-alcohol motifs (C(OH)–C–C–N with tert-alkyl or cyclic N) is 1. The van der Waals surface area contributed by atoms with Gasteiger partial charge in [-0.05, 0) is 35.4 Å².